The summed E-state index contributed by atoms with van der Waals surface area (Å²) in [6.45, 7) is 0.325. The summed E-state index contributed by atoms with van der Waals surface area (Å²) in [7, 11) is -3.75. The van der Waals surface area contributed by atoms with Gasteiger partial charge in [0.15, 0.2) is 0 Å². The van der Waals surface area contributed by atoms with E-state index in [0.717, 1.165) is 17.3 Å². The van der Waals surface area contributed by atoms with Crippen LogP contribution in [0.2, 0.25) is 5.02 Å². The van der Waals surface area contributed by atoms with Crippen LogP contribution in [0.4, 0.5) is 5.69 Å². The molecule has 0 unspecified atom stereocenters. The number of carbonyl (C=O) groups is 1. The summed E-state index contributed by atoms with van der Waals surface area (Å²) < 4.78 is 28.2. The first-order valence-electron chi connectivity index (χ1n) is 8.22. The van der Waals surface area contributed by atoms with Gasteiger partial charge in [-0.3, -0.25) is 4.79 Å². The number of hydrogen-bond donors (Lipinski definition) is 1. The summed E-state index contributed by atoms with van der Waals surface area (Å²) >= 11 is 9.25. The molecule has 1 saturated heterocycles. The number of halogens is 2. The van der Waals surface area contributed by atoms with Crippen molar-refractivity contribution in [1.82, 2.24) is 4.31 Å². The maximum Gasteiger partial charge on any atom is 0.243 e. The number of benzene rings is 2. The number of hydrogen-bond acceptors (Lipinski definition) is 3. The molecule has 5 nitrogen and oxygen atoms in total. The SMILES string of the molecule is O=C(Nc1cccc(Cl)c1)[C@@H]1CCCCN1S(=O)(=O)c1ccc(Br)cc1. The fourth-order valence-corrected chi connectivity index (χ4v) is 5.10. The van der Waals surface area contributed by atoms with Gasteiger partial charge in [-0.1, -0.05) is 40.0 Å². The van der Waals surface area contributed by atoms with Crippen LogP contribution in [0, 0.1) is 0 Å². The number of nitrogens with one attached hydrogen (secondary N) is 1. The van der Waals surface area contributed by atoms with Crippen LogP contribution in [0.25, 0.3) is 0 Å². The monoisotopic (exact) mass is 456 g/mol. The van der Waals surface area contributed by atoms with Crippen molar-refractivity contribution in [3.63, 3.8) is 0 Å². The number of rotatable bonds is 4. The minimum Gasteiger partial charge on any atom is -0.325 e. The largest absolute Gasteiger partial charge is 0.325 e. The van der Waals surface area contributed by atoms with Gasteiger partial charge in [-0.05, 0) is 55.3 Å². The van der Waals surface area contributed by atoms with E-state index in [1.54, 1.807) is 48.5 Å². The molecule has 1 N–H and O–H groups in total. The summed E-state index contributed by atoms with van der Waals surface area (Å²) in [6.07, 6.45) is 2.03. The summed E-state index contributed by atoms with van der Waals surface area (Å²) in [5.41, 5.74) is 0.550. The molecule has 138 valence electrons. The average molecular weight is 458 g/mol. The van der Waals surface area contributed by atoms with Gasteiger partial charge in [0.2, 0.25) is 15.9 Å². The quantitative estimate of drug-likeness (QED) is 0.745. The number of nitrogens with zero attached hydrogens (tertiary/aromatic N) is 1. The zero-order valence-corrected chi connectivity index (χ0v) is 17.0. The molecule has 26 heavy (non-hydrogen) atoms. The van der Waals surface area contributed by atoms with E-state index in [2.05, 4.69) is 21.2 Å². The lowest BCUT2D eigenvalue weighted by Crippen LogP contribution is -2.49. The molecule has 1 aliphatic rings. The smallest absolute Gasteiger partial charge is 0.243 e. The molecule has 1 heterocycles. The van der Waals surface area contributed by atoms with Crippen molar-refractivity contribution in [2.75, 3.05) is 11.9 Å². The highest BCUT2D eigenvalue weighted by Gasteiger charge is 2.37. The lowest BCUT2D eigenvalue weighted by molar-refractivity contribution is -0.120. The highest BCUT2D eigenvalue weighted by Crippen LogP contribution is 2.27. The Bertz CT molecular complexity index is 903. The van der Waals surface area contributed by atoms with E-state index in [0.29, 0.717) is 23.7 Å². The molecular formula is C18H18BrClN2O3S. The van der Waals surface area contributed by atoms with E-state index < -0.39 is 16.1 Å². The highest BCUT2D eigenvalue weighted by atomic mass is 79.9. The van der Waals surface area contributed by atoms with Gasteiger partial charge in [0.05, 0.1) is 4.90 Å². The minimum atomic E-state index is -3.75. The fraction of sp³-hybridized carbons (Fsp3) is 0.278. The second-order valence-electron chi connectivity index (χ2n) is 6.08. The first-order chi connectivity index (χ1) is 12.4. The van der Waals surface area contributed by atoms with Gasteiger partial charge in [-0.25, -0.2) is 8.42 Å². The Kier molecular flexibility index (Phi) is 6.02. The maximum absolute atomic E-state index is 13.0. The van der Waals surface area contributed by atoms with Gasteiger partial charge in [-0.2, -0.15) is 4.31 Å². The third kappa shape index (κ3) is 4.28. The zero-order valence-electron chi connectivity index (χ0n) is 13.9. The molecule has 2 aromatic rings. The van der Waals surface area contributed by atoms with Crippen LogP contribution in [0.5, 0.6) is 0 Å². The zero-order chi connectivity index (χ0) is 18.7. The van der Waals surface area contributed by atoms with E-state index in [1.807, 2.05) is 0 Å². The number of piperidine rings is 1. The molecule has 1 atom stereocenters. The molecule has 1 amide bonds. The van der Waals surface area contributed by atoms with Gasteiger partial charge < -0.3 is 5.32 Å². The molecule has 3 rings (SSSR count). The van der Waals surface area contributed by atoms with E-state index >= 15 is 0 Å². The normalized spacial score (nSPS) is 18.5. The van der Waals surface area contributed by atoms with E-state index in [9.17, 15) is 13.2 Å². The van der Waals surface area contributed by atoms with Crippen LogP contribution in [0.1, 0.15) is 19.3 Å². The predicted molar refractivity (Wildman–Crippen MR) is 106 cm³/mol. The van der Waals surface area contributed by atoms with Gasteiger partial charge in [0, 0.05) is 21.7 Å². The number of amides is 1. The lowest BCUT2D eigenvalue weighted by atomic mass is 10.0. The second kappa shape index (κ2) is 8.08. The minimum absolute atomic E-state index is 0.183. The van der Waals surface area contributed by atoms with Crippen molar-refractivity contribution in [3.8, 4) is 0 Å². The maximum atomic E-state index is 13.0. The molecule has 1 fully saturated rings. The Morgan fingerprint density at radius 2 is 1.88 bits per heavy atom. The van der Waals surface area contributed by atoms with Crippen LogP contribution in [0.15, 0.2) is 57.9 Å². The van der Waals surface area contributed by atoms with Crippen molar-refractivity contribution < 1.29 is 13.2 Å². The van der Waals surface area contributed by atoms with Crippen LogP contribution >= 0.6 is 27.5 Å². The topological polar surface area (TPSA) is 66.5 Å². The Labute approximate surface area is 166 Å². The number of anilines is 1. The molecular weight excluding hydrogens is 440 g/mol. The van der Waals surface area contributed by atoms with E-state index in [-0.39, 0.29) is 10.8 Å². The van der Waals surface area contributed by atoms with Crippen LogP contribution in [0.3, 0.4) is 0 Å². The summed E-state index contributed by atoms with van der Waals surface area (Å²) in [6, 6.07) is 12.5. The molecule has 2 aromatic carbocycles. The molecule has 8 heteroatoms. The summed E-state index contributed by atoms with van der Waals surface area (Å²) in [5, 5.41) is 3.28. The lowest BCUT2D eigenvalue weighted by Gasteiger charge is -2.33. The Morgan fingerprint density at radius 1 is 1.15 bits per heavy atom. The van der Waals surface area contributed by atoms with Gasteiger partial charge in [0.25, 0.3) is 0 Å². The predicted octanol–water partition coefficient (Wildman–Crippen LogP) is 4.28. The molecule has 0 aliphatic carbocycles. The summed E-state index contributed by atoms with van der Waals surface area (Å²) in [4.78, 5) is 12.9. The molecule has 1 aliphatic heterocycles. The third-order valence-corrected chi connectivity index (χ3v) is 6.95. The first kappa shape index (κ1) is 19.4. The molecule has 0 bridgehead atoms. The van der Waals surface area contributed by atoms with Crippen molar-refractivity contribution in [3.05, 3.63) is 58.0 Å². The standard InChI is InChI=1S/C18H18BrClN2O3S/c19-13-7-9-16(10-8-13)26(24,25)22-11-2-1-6-17(22)18(23)21-15-5-3-4-14(20)12-15/h3-5,7-10,12,17H,1-2,6,11H2,(H,21,23)/t17-/m0/s1. The van der Waals surface area contributed by atoms with Crippen LogP contribution < -0.4 is 5.32 Å². The molecule has 0 aromatic heterocycles. The first-order valence-corrected chi connectivity index (χ1v) is 10.8. The highest BCUT2D eigenvalue weighted by molar-refractivity contribution is 9.10. The number of carbonyl (C=O) groups excluding carboxylic acids is 1. The van der Waals surface area contributed by atoms with Crippen molar-refractivity contribution in [1.29, 1.82) is 0 Å². The third-order valence-electron chi connectivity index (χ3n) is 4.27. The van der Waals surface area contributed by atoms with Crippen molar-refractivity contribution in [2.24, 2.45) is 0 Å². The molecule has 0 spiro atoms. The fourth-order valence-electron chi connectivity index (χ4n) is 2.99. The second-order valence-corrected chi connectivity index (χ2v) is 9.32. The van der Waals surface area contributed by atoms with Crippen molar-refractivity contribution >= 4 is 49.1 Å². The number of sulfonamides is 1. The molecule has 0 radical (unpaired) electrons. The Morgan fingerprint density at radius 3 is 2.58 bits per heavy atom. The average Bonchev–Trinajstić information content (AvgIpc) is 2.62. The van der Waals surface area contributed by atoms with Gasteiger partial charge in [0.1, 0.15) is 6.04 Å². The van der Waals surface area contributed by atoms with E-state index in [1.165, 1.54) is 4.31 Å². The van der Waals surface area contributed by atoms with Crippen LogP contribution in [-0.2, 0) is 14.8 Å². The Hall–Kier alpha value is -1.41. The van der Waals surface area contributed by atoms with E-state index in [4.69, 9.17) is 11.6 Å². The van der Waals surface area contributed by atoms with Crippen LogP contribution in [-0.4, -0.2) is 31.2 Å². The van der Waals surface area contributed by atoms with Gasteiger partial charge in [-0.15, -0.1) is 0 Å². The summed E-state index contributed by atoms with van der Waals surface area (Å²) in [5.74, 6) is -0.340. The van der Waals surface area contributed by atoms with Gasteiger partial charge >= 0.3 is 0 Å². The molecule has 0 saturated carbocycles. The van der Waals surface area contributed by atoms with Crippen molar-refractivity contribution in [2.45, 2.75) is 30.2 Å². The Balaban J connectivity index is 1.85.